The van der Waals surface area contributed by atoms with Gasteiger partial charge < -0.3 is 9.84 Å². The molecule has 3 nitrogen and oxygen atoms in total. The van der Waals surface area contributed by atoms with Crippen LogP contribution in [-0.2, 0) is 10.2 Å². The van der Waals surface area contributed by atoms with Gasteiger partial charge in [0.25, 0.3) is 0 Å². The Labute approximate surface area is 102 Å². The van der Waals surface area contributed by atoms with Gasteiger partial charge in [0.05, 0.1) is 6.42 Å². The first-order valence-corrected chi connectivity index (χ1v) is 5.78. The van der Waals surface area contributed by atoms with Crippen LogP contribution in [0.3, 0.4) is 0 Å². The summed E-state index contributed by atoms with van der Waals surface area (Å²) < 4.78 is 5.51. The van der Waals surface area contributed by atoms with E-state index in [0.29, 0.717) is 5.75 Å². The SMILES string of the molecule is CC(CC(=O)O)Oc1ccc(C(C)(C)C)cc1. The Balaban J connectivity index is 2.66. The zero-order valence-corrected chi connectivity index (χ0v) is 10.9. The highest BCUT2D eigenvalue weighted by molar-refractivity contribution is 5.67. The van der Waals surface area contributed by atoms with Gasteiger partial charge >= 0.3 is 5.97 Å². The Bertz CT molecular complexity index is 373. The molecular formula is C14H20O3. The molecule has 1 atom stereocenters. The summed E-state index contributed by atoms with van der Waals surface area (Å²) in [6.45, 7) is 8.20. The van der Waals surface area contributed by atoms with E-state index in [1.165, 1.54) is 5.56 Å². The summed E-state index contributed by atoms with van der Waals surface area (Å²) in [4.78, 5) is 10.5. The summed E-state index contributed by atoms with van der Waals surface area (Å²) in [5.74, 6) is -0.129. The summed E-state index contributed by atoms with van der Waals surface area (Å²) in [6, 6.07) is 7.81. The Hall–Kier alpha value is -1.51. The second kappa shape index (κ2) is 5.21. The largest absolute Gasteiger partial charge is 0.490 e. The van der Waals surface area contributed by atoms with Crippen molar-refractivity contribution in [1.29, 1.82) is 0 Å². The van der Waals surface area contributed by atoms with Gasteiger partial charge in [-0.3, -0.25) is 4.79 Å². The highest BCUT2D eigenvalue weighted by Crippen LogP contribution is 2.24. The van der Waals surface area contributed by atoms with Gasteiger partial charge in [0.1, 0.15) is 11.9 Å². The molecule has 1 aromatic carbocycles. The van der Waals surface area contributed by atoms with Crippen LogP contribution in [-0.4, -0.2) is 17.2 Å². The van der Waals surface area contributed by atoms with Crippen molar-refractivity contribution in [3.63, 3.8) is 0 Å². The molecule has 17 heavy (non-hydrogen) atoms. The molecule has 1 N–H and O–H groups in total. The van der Waals surface area contributed by atoms with Crippen LogP contribution in [0.15, 0.2) is 24.3 Å². The molecule has 0 amide bonds. The van der Waals surface area contributed by atoms with Crippen molar-refractivity contribution in [3.8, 4) is 5.75 Å². The summed E-state index contributed by atoms with van der Waals surface area (Å²) in [7, 11) is 0. The molecule has 0 aliphatic carbocycles. The highest BCUT2D eigenvalue weighted by atomic mass is 16.5. The van der Waals surface area contributed by atoms with Gasteiger partial charge in [0.2, 0.25) is 0 Å². The lowest BCUT2D eigenvalue weighted by Gasteiger charge is -2.20. The minimum absolute atomic E-state index is 0.0149. The molecule has 0 fully saturated rings. The van der Waals surface area contributed by atoms with E-state index in [0.717, 1.165) is 0 Å². The maximum absolute atomic E-state index is 10.5. The molecule has 0 aliphatic heterocycles. The predicted octanol–water partition coefficient (Wildman–Crippen LogP) is 3.23. The lowest BCUT2D eigenvalue weighted by Crippen LogP contribution is -2.17. The number of carbonyl (C=O) groups is 1. The van der Waals surface area contributed by atoms with Gasteiger partial charge in [-0.2, -0.15) is 0 Å². The third kappa shape index (κ3) is 4.47. The van der Waals surface area contributed by atoms with E-state index in [-0.39, 0.29) is 17.9 Å². The van der Waals surface area contributed by atoms with Crippen LogP contribution in [0.5, 0.6) is 5.75 Å². The van der Waals surface area contributed by atoms with Crippen LogP contribution in [0.1, 0.15) is 39.7 Å². The molecule has 1 rings (SSSR count). The number of hydrogen-bond donors (Lipinski definition) is 1. The molecule has 0 bridgehead atoms. The summed E-state index contributed by atoms with van der Waals surface area (Å²) in [6.07, 6.45) is -0.297. The zero-order valence-electron chi connectivity index (χ0n) is 10.9. The Kier molecular flexibility index (Phi) is 4.16. The van der Waals surface area contributed by atoms with E-state index in [1.807, 2.05) is 24.3 Å². The van der Waals surface area contributed by atoms with Crippen molar-refractivity contribution >= 4 is 5.97 Å². The summed E-state index contributed by atoms with van der Waals surface area (Å²) in [5.41, 5.74) is 1.35. The normalized spacial score (nSPS) is 13.2. The second-order valence-electron chi connectivity index (χ2n) is 5.30. The van der Waals surface area contributed by atoms with Gasteiger partial charge in [0, 0.05) is 0 Å². The number of rotatable bonds is 4. The fraction of sp³-hybridized carbons (Fsp3) is 0.500. The predicted molar refractivity (Wildman–Crippen MR) is 67.5 cm³/mol. The molecule has 0 aromatic heterocycles. The van der Waals surface area contributed by atoms with Crippen LogP contribution < -0.4 is 4.74 Å². The van der Waals surface area contributed by atoms with Gasteiger partial charge in [-0.1, -0.05) is 32.9 Å². The molecule has 94 valence electrons. The molecule has 0 saturated carbocycles. The molecular weight excluding hydrogens is 216 g/mol. The first-order valence-electron chi connectivity index (χ1n) is 5.78. The standard InChI is InChI=1S/C14H20O3/c1-10(9-13(15)16)17-12-7-5-11(6-8-12)14(2,3)4/h5-8,10H,9H2,1-4H3,(H,15,16). The lowest BCUT2D eigenvalue weighted by molar-refractivity contribution is -0.138. The molecule has 0 radical (unpaired) electrons. The Morgan fingerprint density at radius 1 is 1.29 bits per heavy atom. The first-order chi connectivity index (χ1) is 7.79. The minimum atomic E-state index is -0.844. The zero-order chi connectivity index (χ0) is 13.1. The maximum Gasteiger partial charge on any atom is 0.307 e. The molecule has 3 heteroatoms. The van der Waals surface area contributed by atoms with Crippen molar-refractivity contribution in [2.24, 2.45) is 0 Å². The molecule has 0 spiro atoms. The van der Waals surface area contributed by atoms with Crippen LogP contribution in [0.4, 0.5) is 0 Å². The maximum atomic E-state index is 10.5. The molecule has 0 saturated heterocycles. The van der Waals surface area contributed by atoms with Crippen LogP contribution in [0, 0.1) is 0 Å². The minimum Gasteiger partial charge on any atom is -0.490 e. The van der Waals surface area contributed by atoms with E-state index in [1.54, 1.807) is 6.92 Å². The average Bonchev–Trinajstić information content (AvgIpc) is 2.15. The number of carboxylic acids is 1. The first kappa shape index (κ1) is 13.6. The third-order valence-electron chi connectivity index (χ3n) is 2.52. The van der Waals surface area contributed by atoms with Gasteiger partial charge in [-0.15, -0.1) is 0 Å². The number of ether oxygens (including phenoxy) is 1. The van der Waals surface area contributed by atoms with Gasteiger partial charge in [0.15, 0.2) is 0 Å². The number of aliphatic carboxylic acids is 1. The molecule has 0 aliphatic rings. The fourth-order valence-electron chi connectivity index (χ4n) is 1.55. The Morgan fingerprint density at radius 2 is 1.82 bits per heavy atom. The fourth-order valence-corrected chi connectivity index (χ4v) is 1.55. The number of carboxylic acid groups (broad SMARTS) is 1. The van der Waals surface area contributed by atoms with E-state index in [4.69, 9.17) is 9.84 Å². The van der Waals surface area contributed by atoms with E-state index in [2.05, 4.69) is 20.8 Å². The number of benzene rings is 1. The monoisotopic (exact) mass is 236 g/mol. The van der Waals surface area contributed by atoms with Crippen molar-refractivity contribution in [2.45, 2.75) is 45.6 Å². The van der Waals surface area contributed by atoms with Gasteiger partial charge in [-0.25, -0.2) is 0 Å². The summed E-state index contributed by atoms with van der Waals surface area (Å²) in [5, 5.41) is 8.63. The number of hydrogen-bond acceptors (Lipinski definition) is 2. The topological polar surface area (TPSA) is 46.5 Å². The lowest BCUT2D eigenvalue weighted by atomic mass is 9.87. The van der Waals surface area contributed by atoms with Crippen molar-refractivity contribution in [2.75, 3.05) is 0 Å². The summed E-state index contributed by atoms with van der Waals surface area (Å²) >= 11 is 0. The quantitative estimate of drug-likeness (QED) is 0.873. The smallest absolute Gasteiger partial charge is 0.307 e. The molecule has 1 unspecified atom stereocenters. The Morgan fingerprint density at radius 3 is 2.24 bits per heavy atom. The molecule has 0 heterocycles. The van der Waals surface area contributed by atoms with E-state index >= 15 is 0 Å². The van der Waals surface area contributed by atoms with Crippen molar-refractivity contribution in [1.82, 2.24) is 0 Å². The van der Waals surface area contributed by atoms with Crippen molar-refractivity contribution < 1.29 is 14.6 Å². The van der Waals surface area contributed by atoms with E-state index in [9.17, 15) is 4.79 Å². The third-order valence-corrected chi connectivity index (χ3v) is 2.52. The van der Waals surface area contributed by atoms with Gasteiger partial charge in [-0.05, 0) is 30.0 Å². The van der Waals surface area contributed by atoms with Crippen molar-refractivity contribution in [3.05, 3.63) is 29.8 Å². The molecule has 1 aromatic rings. The van der Waals surface area contributed by atoms with Crippen LogP contribution >= 0.6 is 0 Å². The van der Waals surface area contributed by atoms with Crippen LogP contribution in [0.2, 0.25) is 0 Å². The average molecular weight is 236 g/mol. The van der Waals surface area contributed by atoms with Crippen LogP contribution in [0.25, 0.3) is 0 Å². The van der Waals surface area contributed by atoms with E-state index < -0.39 is 5.97 Å². The highest BCUT2D eigenvalue weighted by Gasteiger charge is 2.14. The second-order valence-corrected chi connectivity index (χ2v) is 5.30.